The van der Waals surface area contributed by atoms with E-state index >= 15 is 0 Å². The van der Waals surface area contributed by atoms with Crippen molar-refractivity contribution in [2.45, 2.75) is 31.7 Å². The summed E-state index contributed by atoms with van der Waals surface area (Å²) in [5.41, 5.74) is 0. The smallest absolute Gasteiger partial charge is 0.303 e. The molecule has 0 aromatic rings. The minimum Gasteiger partial charge on any atom is -0.481 e. The van der Waals surface area contributed by atoms with Crippen LogP contribution < -0.4 is 0 Å². The van der Waals surface area contributed by atoms with E-state index in [9.17, 15) is 14.4 Å². The molecule has 6 nitrogen and oxygen atoms in total. The van der Waals surface area contributed by atoms with E-state index in [0.717, 1.165) is 19.4 Å². The predicted octanol–water partition coefficient (Wildman–Crippen LogP) is -0.0696. The van der Waals surface area contributed by atoms with Crippen molar-refractivity contribution >= 4 is 17.8 Å². The summed E-state index contributed by atoms with van der Waals surface area (Å²) in [6.07, 6.45) is 2.14. The number of carbonyl (C=O) groups excluding carboxylic acids is 2. The van der Waals surface area contributed by atoms with Gasteiger partial charge in [0.25, 0.3) is 0 Å². The molecule has 6 heteroatoms. The summed E-state index contributed by atoms with van der Waals surface area (Å²) >= 11 is 0. The van der Waals surface area contributed by atoms with Crippen LogP contribution >= 0.6 is 0 Å². The van der Waals surface area contributed by atoms with E-state index in [1.165, 1.54) is 11.9 Å². The maximum absolute atomic E-state index is 11.9. The number of piperidine rings is 1. The Morgan fingerprint density at radius 3 is 2.72 bits per heavy atom. The van der Waals surface area contributed by atoms with Gasteiger partial charge in [-0.1, -0.05) is 0 Å². The van der Waals surface area contributed by atoms with Gasteiger partial charge >= 0.3 is 5.97 Å². The lowest BCUT2D eigenvalue weighted by Crippen LogP contribution is -2.46. The Balaban J connectivity index is 1.99. The van der Waals surface area contributed by atoms with Gasteiger partial charge in [0, 0.05) is 20.0 Å². The van der Waals surface area contributed by atoms with Crippen LogP contribution in [0.25, 0.3) is 0 Å². The normalized spacial score (nSPS) is 29.9. The molecule has 2 rings (SSSR count). The second kappa shape index (κ2) is 5.06. The molecule has 0 aliphatic carbocycles. The Bertz CT molecular complexity index is 382. The van der Waals surface area contributed by atoms with Gasteiger partial charge in [0.05, 0.1) is 12.5 Å². The number of hydrogen-bond acceptors (Lipinski definition) is 4. The zero-order valence-electron chi connectivity index (χ0n) is 10.5. The minimum absolute atomic E-state index is 0.0880. The highest BCUT2D eigenvalue weighted by Crippen LogP contribution is 2.25. The Labute approximate surface area is 106 Å². The van der Waals surface area contributed by atoms with Gasteiger partial charge in [0.2, 0.25) is 11.8 Å². The summed E-state index contributed by atoms with van der Waals surface area (Å²) in [5, 5.41) is 8.81. The first kappa shape index (κ1) is 13.0. The van der Waals surface area contributed by atoms with Gasteiger partial charge in [-0.05, 0) is 25.3 Å². The molecule has 0 aromatic carbocycles. The van der Waals surface area contributed by atoms with Gasteiger partial charge in [-0.15, -0.1) is 0 Å². The Morgan fingerprint density at radius 2 is 2.17 bits per heavy atom. The van der Waals surface area contributed by atoms with Crippen LogP contribution in [0.5, 0.6) is 0 Å². The lowest BCUT2D eigenvalue weighted by atomic mass is 9.93. The third-order valence-corrected chi connectivity index (χ3v) is 3.81. The van der Waals surface area contributed by atoms with Gasteiger partial charge in [0.1, 0.15) is 0 Å². The van der Waals surface area contributed by atoms with Crippen LogP contribution in [0.2, 0.25) is 0 Å². The van der Waals surface area contributed by atoms with Crippen molar-refractivity contribution in [3.8, 4) is 0 Å². The summed E-state index contributed by atoms with van der Waals surface area (Å²) in [5.74, 6) is -1.01. The standard InChI is InChI=1S/C12H18N2O4/c1-13-10(15)6-9(12(13)18)14-4-2-3-8(7-14)5-11(16)17/h8-9H,2-7H2,1H3,(H,16,17). The van der Waals surface area contributed by atoms with Crippen LogP contribution in [0.3, 0.4) is 0 Å². The Morgan fingerprint density at radius 1 is 1.44 bits per heavy atom. The number of nitrogens with zero attached hydrogens (tertiary/aromatic N) is 2. The van der Waals surface area contributed by atoms with Gasteiger partial charge < -0.3 is 5.11 Å². The van der Waals surface area contributed by atoms with E-state index in [1.807, 2.05) is 4.90 Å². The number of amides is 2. The Hall–Kier alpha value is -1.43. The number of imide groups is 1. The lowest BCUT2D eigenvalue weighted by molar-refractivity contribution is -0.138. The van der Waals surface area contributed by atoms with Crippen molar-refractivity contribution in [2.24, 2.45) is 5.92 Å². The fourth-order valence-electron chi connectivity index (χ4n) is 2.82. The van der Waals surface area contributed by atoms with Crippen molar-refractivity contribution in [3.63, 3.8) is 0 Å². The monoisotopic (exact) mass is 254 g/mol. The molecule has 2 unspecified atom stereocenters. The van der Waals surface area contributed by atoms with E-state index in [1.54, 1.807) is 0 Å². The fourth-order valence-corrected chi connectivity index (χ4v) is 2.82. The largest absolute Gasteiger partial charge is 0.481 e. The van der Waals surface area contributed by atoms with Crippen LogP contribution in [0.15, 0.2) is 0 Å². The van der Waals surface area contributed by atoms with Crippen molar-refractivity contribution in [3.05, 3.63) is 0 Å². The van der Waals surface area contributed by atoms with Gasteiger partial charge in [-0.3, -0.25) is 24.2 Å². The third-order valence-electron chi connectivity index (χ3n) is 3.81. The summed E-state index contributed by atoms with van der Waals surface area (Å²) in [6.45, 7) is 1.37. The highest BCUT2D eigenvalue weighted by molar-refractivity contribution is 6.05. The second-order valence-corrected chi connectivity index (χ2v) is 5.11. The first-order chi connectivity index (χ1) is 8.49. The van der Waals surface area contributed by atoms with Crippen molar-refractivity contribution in [1.82, 2.24) is 9.80 Å². The van der Waals surface area contributed by atoms with Crippen LogP contribution in [-0.2, 0) is 14.4 Å². The summed E-state index contributed by atoms with van der Waals surface area (Å²) < 4.78 is 0. The Kier molecular flexibility index (Phi) is 3.65. The van der Waals surface area contributed by atoms with E-state index in [0.29, 0.717) is 6.54 Å². The van der Waals surface area contributed by atoms with Crippen LogP contribution in [0.4, 0.5) is 0 Å². The summed E-state index contributed by atoms with van der Waals surface area (Å²) in [7, 11) is 1.50. The SMILES string of the molecule is CN1C(=O)CC(N2CCCC(CC(=O)O)C2)C1=O. The van der Waals surface area contributed by atoms with E-state index < -0.39 is 5.97 Å². The molecule has 2 heterocycles. The lowest BCUT2D eigenvalue weighted by Gasteiger charge is -2.34. The average molecular weight is 254 g/mol. The van der Waals surface area contributed by atoms with E-state index in [4.69, 9.17) is 5.11 Å². The number of likely N-dealkylation sites (tertiary alicyclic amines) is 2. The van der Waals surface area contributed by atoms with E-state index in [2.05, 4.69) is 0 Å². The van der Waals surface area contributed by atoms with Crippen LogP contribution in [-0.4, -0.2) is 58.9 Å². The molecule has 2 amide bonds. The quantitative estimate of drug-likeness (QED) is 0.713. The first-order valence-corrected chi connectivity index (χ1v) is 6.25. The number of likely N-dealkylation sites (N-methyl/N-ethyl adjacent to an activating group) is 1. The zero-order valence-corrected chi connectivity index (χ0v) is 10.5. The second-order valence-electron chi connectivity index (χ2n) is 5.11. The molecular formula is C12H18N2O4. The number of hydrogen-bond donors (Lipinski definition) is 1. The molecule has 2 aliphatic heterocycles. The number of carboxylic acids is 1. The fraction of sp³-hybridized carbons (Fsp3) is 0.750. The topological polar surface area (TPSA) is 77.9 Å². The van der Waals surface area contributed by atoms with Crippen molar-refractivity contribution < 1.29 is 19.5 Å². The third kappa shape index (κ3) is 2.53. The van der Waals surface area contributed by atoms with Crippen molar-refractivity contribution in [2.75, 3.05) is 20.1 Å². The molecule has 18 heavy (non-hydrogen) atoms. The zero-order chi connectivity index (χ0) is 13.3. The van der Waals surface area contributed by atoms with E-state index in [-0.39, 0.29) is 36.6 Å². The molecule has 2 fully saturated rings. The number of rotatable bonds is 3. The van der Waals surface area contributed by atoms with Gasteiger partial charge in [0.15, 0.2) is 0 Å². The first-order valence-electron chi connectivity index (χ1n) is 6.25. The van der Waals surface area contributed by atoms with Crippen LogP contribution in [0, 0.1) is 5.92 Å². The molecule has 0 saturated carbocycles. The number of carbonyl (C=O) groups is 3. The maximum atomic E-state index is 11.9. The number of carboxylic acid groups (broad SMARTS) is 1. The molecule has 2 atom stereocenters. The molecule has 100 valence electrons. The highest BCUT2D eigenvalue weighted by Gasteiger charge is 2.41. The van der Waals surface area contributed by atoms with Crippen LogP contribution in [0.1, 0.15) is 25.7 Å². The van der Waals surface area contributed by atoms with Crippen molar-refractivity contribution in [1.29, 1.82) is 0 Å². The molecule has 2 saturated heterocycles. The molecule has 2 aliphatic rings. The predicted molar refractivity (Wildman–Crippen MR) is 62.7 cm³/mol. The summed E-state index contributed by atoms with van der Waals surface area (Å²) in [4.78, 5) is 37.2. The molecule has 0 spiro atoms. The average Bonchev–Trinajstić information content (AvgIpc) is 2.56. The highest BCUT2D eigenvalue weighted by atomic mass is 16.4. The summed E-state index contributed by atoms with van der Waals surface area (Å²) in [6, 6.07) is -0.376. The molecular weight excluding hydrogens is 236 g/mol. The number of aliphatic carboxylic acids is 1. The molecule has 1 N–H and O–H groups in total. The molecule has 0 bridgehead atoms. The van der Waals surface area contributed by atoms with Gasteiger partial charge in [-0.25, -0.2) is 0 Å². The minimum atomic E-state index is -0.798. The van der Waals surface area contributed by atoms with Gasteiger partial charge in [-0.2, -0.15) is 0 Å². The molecule has 0 aromatic heterocycles. The molecule has 0 radical (unpaired) electrons. The maximum Gasteiger partial charge on any atom is 0.303 e.